The van der Waals surface area contributed by atoms with Crippen molar-refractivity contribution in [1.29, 1.82) is 0 Å². The molecule has 0 aromatic carbocycles. The number of thiocarbonyl (C=S) groups is 1. The molecule has 0 bridgehead atoms. The Labute approximate surface area is 116 Å². The molecule has 5 nitrogen and oxygen atoms in total. The lowest BCUT2D eigenvalue weighted by Crippen LogP contribution is -2.39. The Morgan fingerprint density at radius 1 is 1.56 bits per heavy atom. The van der Waals surface area contributed by atoms with Crippen LogP contribution >= 0.6 is 23.6 Å². The van der Waals surface area contributed by atoms with Crippen molar-refractivity contribution in [1.82, 2.24) is 4.31 Å². The summed E-state index contributed by atoms with van der Waals surface area (Å²) in [6.45, 7) is 3.11. The topological polar surface area (TPSA) is 83.6 Å². The zero-order chi connectivity index (χ0) is 14.1. The van der Waals surface area contributed by atoms with Gasteiger partial charge in [-0.1, -0.05) is 12.2 Å². The first-order valence-electron chi connectivity index (χ1n) is 5.12. The van der Waals surface area contributed by atoms with Crippen molar-refractivity contribution in [2.75, 3.05) is 13.6 Å². The van der Waals surface area contributed by atoms with Crippen molar-refractivity contribution in [3.8, 4) is 0 Å². The second kappa shape index (κ2) is 5.22. The Balaban J connectivity index is 3.02. The highest BCUT2D eigenvalue weighted by Crippen LogP contribution is 2.25. The van der Waals surface area contributed by atoms with E-state index < -0.39 is 15.6 Å². The van der Waals surface area contributed by atoms with Crippen molar-refractivity contribution in [3.63, 3.8) is 0 Å². The van der Waals surface area contributed by atoms with Crippen LogP contribution in [0.5, 0.6) is 0 Å². The zero-order valence-corrected chi connectivity index (χ0v) is 12.8. The number of thiophene rings is 1. The van der Waals surface area contributed by atoms with Crippen molar-refractivity contribution >= 4 is 38.6 Å². The van der Waals surface area contributed by atoms with Gasteiger partial charge in [-0.15, -0.1) is 11.3 Å². The summed E-state index contributed by atoms with van der Waals surface area (Å²) in [7, 11) is -2.18. The standard InChI is InChI=1S/C10H16N2O3S3/c1-10(2,13)6-12(3)18(14,15)8-5-4-7(17-8)9(11)16/h4-5,13H,6H2,1-3H3,(H2,11,16). The molecule has 8 heteroatoms. The fourth-order valence-corrected chi connectivity index (χ4v) is 4.26. The van der Waals surface area contributed by atoms with Gasteiger partial charge in [-0.2, -0.15) is 4.31 Å². The third kappa shape index (κ3) is 3.72. The summed E-state index contributed by atoms with van der Waals surface area (Å²) in [5.74, 6) is 0. The Hall–Kier alpha value is -0.540. The fourth-order valence-electron chi connectivity index (χ4n) is 1.37. The molecule has 0 unspecified atom stereocenters. The summed E-state index contributed by atoms with van der Waals surface area (Å²) in [6.07, 6.45) is 0. The van der Waals surface area contributed by atoms with Crippen LogP contribution in [0, 0.1) is 0 Å². The smallest absolute Gasteiger partial charge is 0.252 e. The van der Waals surface area contributed by atoms with Crippen LogP contribution in [0.3, 0.4) is 0 Å². The van der Waals surface area contributed by atoms with E-state index in [1.54, 1.807) is 19.9 Å². The second-order valence-corrected chi connectivity index (χ2v) is 8.35. The molecule has 0 spiro atoms. The van der Waals surface area contributed by atoms with E-state index in [1.807, 2.05) is 0 Å². The number of aliphatic hydroxyl groups is 1. The molecule has 1 heterocycles. The SMILES string of the molecule is CN(CC(C)(C)O)S(=O)(=O)c1ccc(C(N)=S)s1. The van der Waals surface area contributed by atoms with E-state index in [0.717, 1.165) is 15.6 Å². The fraction of sp³-hybridized carbons (Fsp3) is 0.500. The average molecular weight is 308 g/mol. The summed E-state index contributed by atoms with van der Waals surface area (Å²) in [4.78, 5) is 0.729. The summed E-state index contributed by atoms with van der Waals surface area (Å²) < 4.78 is 25.7. The lowest BCUT2D eigenvalue weighted by Gasteiger charge is -2.24. The molecule has 1 rings (SSSR count). The Morgan fingerprint density at radius 3 is 2.50 bits per heavy atom. The molecule has 1 aromatic heterocycles. The quantitative estimate of drug-likeness (QED) is 0.785. The minimum atomic E-state index is -3.61. The predicted octanol–water partition coefficient (Wildman–Crippen LogP) is 0.774. The van der Waals surface area contributed by atoms with Gasteiger partial charge in [0.25, 0.3) is 10.0 Å². The van der Waals surface area contributed by atoms with Crippen LogP contribution in [0.1, 0.15) is 18.7 Å². The molecule has 0 radical (unpaired) electrons. The number of rotatable bonds is 5. The van der Waals surface area contributed by atoms with Gasteiger partial charge in [0.1, 0.15) is 9.20 Å². The van der Waals surface area contributed by atoms with E-state index in [2.05, 4.69) is 0 Å². The van der Waals surface area contributed by atoms with Crippen molar-refractivity contribution < 1.29 is 13.5 Å². The highest BCUT2D eigenvalue weighted by atomic mass is 32.2. The van der Waals surface area contributed by atoms with Gasteiger partial charge in [-0.05, 0) is 26.0 Å². The van der Waals surface area contributed by atoms with Gasteiger partial charge in [-0.25, -0.2) is 8.42 Å². The van der Waals surface area contributed by atoms with Crippen LogP contribution in [-0.4, -0.2) is 42.0 Å². The Morgan fingerprint density at radius 2 is 2.11 bits per heavy atom. The van der Waals surface area contributed by atoms with Crippen LogP contribution in [0.15, 0.2) is 16.3 Å². The van der Waals surface area contributed by atoms with Gasteiger partial charge in [0.2, 0.25) is 0 Å². The maximum Gasteiger partial charge on any atom is 0.252 e. The molecule has 0 amide bonds. The van der Waals surface area contributed by atoms with E-state index >= 15 is 0 Å². The van der Waals surface area contributed by atoms with E-state index in [0.29, 0.717) is 4.88 Å². The molecule has 1 aromatic rings. The molecule has 0 atom stereocenters. The maximum atomic E-state index is 12.2. The number of hydrogen-bond donors (Lipinski definition) is 2. The first kappa shape index (κ1) is 15.5. The van der Waals surface area contributed by atoms with Crippen molar-refractivity contribution in [3.05, 3.63) is 17.0 Å². The van der Waals surface area contributed by atoms with Crippen LogP contribution in [0.25, 0.3) is 0 Å². The minimum absolute atomic E-state index is 0.00956. The molecule has 0 saturated carbocycles. The number of sulfonamides is 1. The van der Waals surface area contributed by atoms with Crippen LogP contribution < -0.4 is 5.73 Å². The normalized spacial score (nSPS) is 12.9. The highest BCUT2D eigenvalue weighted by Gasteiger charge is 2.27. The van der Waals surface area contributed by atoms with E-state index in [4.69, 9.17) is 18.0 Å². The second-order valence-electron chi connectivity index (χ2n) is 4.56. The molecule has 0 aliphatic carbocycles. The molecular formula is C10H16N2O3S3. The molecule has 0 saturated heterocycles. The lowest BCUT2D eigenvalue weighted by molar-refractivity contribution is 0.0640. The van der Waals surface area contributed by atoms with E-state index in [9.17, 15) is 13.5 Å². The molecule has 0 aliphatic heterocycles. The summed E-state index contributed by atoms with van der Waals surface area (Å²) >= 11 is 5.82. The predicted molar refractivity (Wildman–Crippen MR) is 76.3 cm³/mol. The molecule has 18 heavy (non-hydrogen) atoms. The van der Waals surface area contributed by atoms with E-state index in [1.165, 1.54) is 13.1 Å². The molecule has 0 aliphatic rings. The molecule has 0 fully saturated rings. The van der Waals surface area contributed by atoms with Gasteiger partial charge >= 0.3 is 0 Å². The van der Waals surface area contributed by atoms with Gasteiger partial charge in [-0.3, -0.25) is 0 Å². The summed E-state index contributed by atoms with van der Waals surface area (Å²) in [5, 5.41) is 9.65. The Kier molecular flexibility index (Phi) is 4.50. The van der Waals surface area contributed by atoms with Gasteiger partial charge in [0.15, 0.2) is 0 Å². The minimum Gasteiger partial charge on any atom is -0.389 e. The summed E-state index contributed by atoms with van der Waals surface area (Å²) in [5.41, 5.74) is 4.35. The van der Waals surface area contributed by atoms with Gasteiger partial charge in [0, 0.05) is 13.6 Å². The molecule has 102 valence electrons. The third-order valence-corrected chi connectivity index (χ3v) is 5.84. The van der Waals surface area contributed by atoms with E-state index in [-0.39, 0.29) is 15.7 Å². The highest BCUT2D eigenvalue weighted by molar-refractivity contribution is 7.91. The van der Waals surface area contributed by atoms with Gasteiger partial charge < -0.3 is 10.8 Å². The van der Waals surface area contributed by atoms with Gasteiger partial charge in [0.05, 0.1) is 10.5 Å². The van der Waals surface area contributed by atoms with Crippen LogP contribution in [-0.2, 0) is 10.0 Å². The average Bonchev–Trinajstić information content (AvgIpc) is 2.63. The first-order chi connectivity index (χ1) is 8.04. The lowest BCUT2D eigenvalue weighted by atomic mass is 10.1. The molecular weight excluding hydrogens is 292 g/mol. The molecule has 3 N–H and O–H groups in total. The number of nitrogens with two attached hydrogens (primary N) is 1. The largest absolute Gasteiger partial charge is 0.389 e. The number of nitrogens with zero attached hydrogens (tertiary/aromatic N) is 1. The Bertz CT molecular complexity index is 543. The monoisotopic (exact) mass is 308 g/mol. The summed E-state index contributed by atoms with van der Waals surface area (Å²) in [6, 6.07) is 3.05. The maximum absolute atomic E-state index is 12.2. The number of hydrogen-bond acceptors (Lipinski definition) is 5. The van der Waals surface area contributed by atoms with Crippen molar-refractivity contribution in [2.45, 2.75) is 23.7 Å². The number of likely N-dealkylation sites (N-methyl/N-ethyl adjacent to an activating group) is 1. The van der Waals surface area contributed by atoms with Crippen LogP contribution in [0.4, 0.5) is 0 Å². The van der Waals surface area contributed by atoms with Crippen molar-refractivity contribution in [2.24, 2.45) is 5.73 Å². The first-order valence-corrected chi connectivity index (χ1v) is 7.79. The zero-order valence-electron chi connectivity index (χ0n) is 10.4. The van der Waals surface area contributed by atoms with Crippen LogP contribution in [0.2, 0.25) is 0 Å². The third-order valence-electron chi connectivity index (χ3n) is 2.10.